The smallest absolute Gasteiger partial charge is 0.308 e. The fraction of sp³-hybridized carbons (Fsp3) is 0.400. The minimum absolute atomic E-state index is 0.0282. The summed E-state index contributed by atoms with van der Waals surface area (Å²) in [6.07, 6.45) is 0.846. The van der Waals surface area contributed by atoms with Crippen molar-refractivity contribution in [3.8, 4) is 0 Å². The third kappa shape index (κ3) is 3.27. The maximum absolute atomic E-state index is 10.7. The number of hydrogen-bond acceptors (Lipinski definition) is 7. The van der Waals surface area contributed by atoms with Crippen LogP contribution in [0.5, 0.6) is 0 Å². The SMILES string of the molecule is CCc1nsc(Sc2nc(C)c(CC(=O)O)s2)n1. The van der Waals surface area contributed by atoms with Crippen molar-refractivity contribution >= 4 is 40.6 Å². The molecule has 0 saturated carbocycles. The van der Waals surface area contributed by atoms with Crippen molar-refractivity contribution in [2.45, 2.75) is 35.4 Å². The summed E-state index contributed by atoms with van der Waals surface area (Å²) >= 11 is 4.20. The van der Waals surface area contributed by atoms with Gasteiger partial charge in [-0.05, 0) is 30.2 Å². The standard InChI is InChI=1S/C10H11N3O2S3/c1-3-7-12-10(18-13-7)17-9-11-5(2)6(16-9)4-8(14)15/h3-4H2,1-2H3,(H,14,15). The van der Waals surface area contributed by atoms with Gasteiger partial charge in [0.1, 0.15) is 5.82 Å². The molecule has 2 rings (SSSR count). The van der Waals surface area contributed by atoms with Gasteiger partial charge >= 0.3 is 5.97 Å². The Balaban J connectivity index is 2.12. The molecule has 0 aliphatic rings. The van der Waals surface area contributed by atoms with E-state index in [1.165, 1.54) is 34.6 Å². The Labute approximate surface area is 116 Å². The van der Waals surface area contributed by atoms with Gasteiger partial charge in [-0.25, -0.2) is 9.97 Å². The molecule has 5 nitrogen and oxygen atoms in total. The number of hydrogen-bond donors (Lipinski definition) is 1. The molecule has 18 heavy (non-hydrogen) atoms. The highest BCUT2D eigenvalue weighted by molar-refractivity contribution is 8.02. The van der Waals surface area contributed by atoms with E-state index in [2.05, 4.69) is 14.3 Å². The van der Waals surface area contributed by atoms with Gasteiger partial charge < -0.3 is 5.11 Å². The predicted octanol–water partition coefficient (Wildman–Crippen LogP) is 2.64. The van der Waals surface area contributed by atoms with E-state index in [1.807, 2.05) is 13.8 Å². The van der Waals surface area contributed by atoms with Crippen LogP contribution >= 0.6 is 34.6 Å². The first kappa shape index (κ1) is 13.4. The van der Waals surface area contributed by atoms with Crippen LogP contribution in [-0.2, 0) is 17.6 Å². The number of carboxylic acid groups (broad SMARTS) is 1. The molecular weight excluding hydrogens is 290 g/mol. The summed E-state index contributed by atoms with van der Waals surface area (Å²) in [4.78, 5) is 20.2. The monoisotopic (exact) mass is 301 g/mol. The molecule has 96 valence electrons. The average molecular weight is 301 g/mol. The summed E-state index contributed by atoms with van der Waals surface area (Å²) in [6, 6.07) is 0. The lowest BCUT2D eigenvalue weighted by molar-refractivity contribution is -0.136. The Kier molecular flexibility index (Phi) is 4.31. The molecule has 0 aromatic carbocycles. The lowest BCUT2D eigenvalue weighted by Crippen LogP contribution is -1.99. The molecule has 0 saturated heterocycles. The summed E-state index contributed by atoms with van der Waals surface area (Å²) in [5.41, 5.74) is 0.783. The minimum Gasteiger partial charge on any atom is -0.481 e. The molecule has 0 amide bonds. The van der Waals surface area contributed by atoms with Gasteiger partial charge in [-0.2, -0.15) is 4.37 Å². The van der Waals surface area contributed by atoms with E-state index in [0.717, 1.165) is 31.5 Å². The van der Waals surface area contributed by atoms with Gasteiger partial charge in [0.25, 0.3) is 0 Å². The summed E-state index contributed by atoms with van der Waals surface area (Å²) < 4.78 is 5.87. The molecule has 0 bridgehead atoms. The first-order valence-electron chi connectivity index (χ1n) is 5.27. The van der Waals surface area contributed by atoms with Gasteiger partial charge in [0.2, 0.25) is 0 Å². The van der Waals surface area contributed by atoms with Gasteiger partial charge in [-0.3, -0.25) is 4.79 Å². The number of aliphatic carboxylic acids is 1. The average Bonchev–Trinajstić information content (AvgIpc) is 2.87. The fourth-order valence-electron chi connectivity index (χ4n) is 1.24. The number of aromatic nitrogens is 3. The van der Waals surface area contributed by atoms with Crippen molar-refractivity contribution in [1.29, 1.82) is 0 Å². The molecule has 1 N–H and O–H groups in total. The van der Waals surface area contributed by atoms with E-state index < -0.39 is 5.97 Å². The Morgan fingerprint density at radius 1 is 1.39 bits per heavy atom. The molecule has 0 aliphatic heterocycles. The summed E-state index contributed by atoms with van der Waals surface area (Å²) in [6.45, 7) is 3.84. The molecule has 0 unspecified atom stereocenters. The second-order valence-corrected chi connectivity index (χ2v) is 6.82. The van der Waals surface area contributed by atoms with Crippen molar-refractivity contribution in [3.05, 3.63) is 16.4 Å². The summed E-state index contributed by atoms with van der Waals surface area (Å²) in [5.74, 6) is 0.00372. The quantitative estimate of drug-likeness (QED) is 0.915. The molecule has 0 aliphatic carbocycles. The van der Waals surface area contributed by atoms with Crippen molar-refractivity contribution in [2.75, 3.05) is 0 Å². The van der Waals surface area contributed by atoms with Crippen molar-refractivity contribution in [1.82, 2.24) is 14.3 Å². The van der Waals surface area contributed by atoms with Crippen LogP contribution in [0.2, 0.25) is 0 Å². The molecule has 2 aromatic rings. The van der Waals surface area contributed by atoms with Gasteiger partial charge in [-0.1, -0.05) is 6.92 Å². The zero-order valence-electron chi connectivity index (χ0n) is 9.84. The second kappa shape index (κ2) is 5.77. The van der Waals surface area contributed by atoms with Crippen LogP contribution in [-0.4, -0.2) is 25.4 Å². The number of rotatable bonds is 5. The highest BCUT2D eigenvalue weighted by Crippen LogP contribution is 2.33. The van der Waals surface area contributed by atoms with Crippen LogP contribution < -0.4 is 0 Å². The molecular formula is C10H11N3O2S3. The minimum atomic E-state index is -0.831. The molecule has 8 heteroatoms. The first-order chi connectivity index (χ1) is 8.58. The summed E-state index contributed by atoms with van der Waals surface area (Å²) in [7, 11) is 0. The molecule has 2 aromatic heterocycles. The normalized spacial score (nSPS) is 10.8. The third-order valence-electron chi connectivity index (χ3n) is 2.13. The zero-order chi connectivity index (χ0) is 13.1. The molecule has 0 radical (unpaired) electrons. The second-order valence-electron chi connectivity index (χ2n) is 3.49. The van der Waals surface area contributed by atoms with E-state index in [0.29, 0.717) is 0 Å². The topological polar surface area (TPSA) is 76.0 Å². The fourth-order valence-corrected chi connectivity index (χ4v) is 4.37. The Bertz CT molecular complexity index is 564. The van der Waals surface area contributed by atoms with E-state index in [4.69, 9.17) is 5.11 Å². The third-order valence-corrected chi connectivity index (χ3v) is 5.13. The van der Waals surface area contributed by atoms with Crippen molar-refractivity contribution < 1.29 is 9.90 Å². The highest BCUT2D eigenvalue weighted by Gasteiger charge is 2.13. The zero-order valence-corrected chi connectivity index (χ0v) is 12.3. The Morgan fingerprint density at radius 2 is 2.17 bits per heavy atom. The van der Waals surface area contributed by atoms with Crippen LogP contribution in [0.3, 0.4) is 0 Å². The molecule has 0 atom stereocenters. The summed E-state index contributed by atoms with van der Waals surface area (Å²) in [5, 5.41) is 8.78. The van der Waals surface area contributed by atoms with Gasteiger partial charge in [0.05, 0.1) is 12.1 Å². The van der Waals surface area contributed by atoms with Gasteiger partial charge in [0, 0.05) is 11.3 Å². The van der Waals surface area contributed by atoms with Crippen LogP contribution in [0.4, 0.5) is 0 Å². The molecule has 0 spiro atoms. The van der Waals surface area contributed by atoms with Crippen LogP contribution in [0.1, 0.15) is 23.3 Å². The lowest BCUT2D eigenvalue weighted by atomic mass is 10.3. The first-order valence-corrected chi connectivity index (χ1v) is 7.67. The Hall–Kier alpha value is -0.990. The van der Waals surface area contributed by atoms with Crippen LogP contribution in [0.15, 0.2) is 8.68 Å². The van der Waals surface area contributed by atoms with Crippen molar-refractivity contribution in [3.63, 3.8) is 0 Å². The lowest BCUT2D eigenvalue weighted by Gasteiger charge is -1.89. The number of aryl methyl sites for hydroxylation is 2. The number of carboxylic acids is 1. The van der Waals surface area contributed by atoms with E-state index in [1.54, 1.807) is 0 Å². The van der Waals surface area contributed by atoms with Crippen LogP contribution in [0, 0.1) is 6.92 Å². The van der Waals surface area contributed by atoms with Gasteiger partial charge in [-0.15, -0.1) is 11.3 Å². The largest absolute Gasteiger partial charge is 0.481 e. The number of nitrogens with zero attached hydrogens (tertiary/aromatic N) is 3. The molecule has 2 heterocycles. The predicted molar refractivity (Wildman–Crippen MR) is 71.6 cm³/mol. The highest BCUT2D eigenvalue weighted by atomic mass is 32.2. The van der Waals surface area contributed by atoms with Crippen molar-refractivity contribution in [2.24, 2.45) is 0 Å². The number of thiazole rings is 1. The van der Waals surface area contributed by atoms with Crippen LogP contribution in [0.25, 0.3) is 0 Å². The number of carbonyl (C=O) groups is 1. The van der Waals surface area contributed by atoms with E-state index in [9.17, 15) is 4.79 Å². The maximum atomic E-state index is 10.7. The van der Waals surface area contributed by atoms with E-state index >= 15 is 0 Å². The maximum Gasteiger partial charge on any atom is 0.308 e. The van der Waals surface area contributed by atoms with E-state index in [-0.39, 0.29) is 6.42 Å². The molecule has 0 fully saturated rings. The Morgan fingerprint density at radius 3 is 2.78 bits per heavy atom. The van der Waals surface area contributed by atoms with Gasteiger partial charge in [0.15, 0.2) is 8.68 Å².